The molecule has 1 atom stereocenters. The predicted molar refractivity (Wildman–Crippen MR) is 74.9 cm³/mol. The van der Waals surface area contributed by atoms with E-state index in [1.807, 2.05) is 0 Å². The Bertz CT molecular complexity index is 367. The highest BCUT2D eigenvalue weighted by atomic mass is 32.1. The smallest absolute Gasteiger partial charge is 0.123 e. The maximum atomic E-state index is 5.82. The summed E-state index contributed by atoms with van der Waals surface area (Å²) in [5, 5.41) is 6.65. The van der Waals surface area contributed by atoms with Gasteiger partial charge in [-0.25, -0.2) is 4.98 Å². The van der Waals surface area contributed by atoms with E-state index in [-0.39, 0.29) is 6.10 Å². The molecule has 0 radical (unpaired) electrons. The maximum Gasteiger partial charge on any atom is 0.123 e. The number of likely N-dealkylation sites (N-methyl/N-ethyl adjacent to an activating group) is 1. The highest BCUT2D eigenvalue weighted by Crippen LogP contribution is 2.25. The standard InChI is InChI=1S/C13H23N3OS/c1-4-16-5-6-17-12(8-16)13-15-11(9-18-13)7-14-10(2)3/h9-10,12,14H,4-8H2,1-3H3. The largest absolute Gasteiger partial charge is 0.368 e. The Hall–Kier alpha value is -0.490. The molecule has 2 heterocycles. The average Bonchev–Trinajstić information content (AvgIpc) is 2.85. The molecule has 102 valence electrons. The summed E-state index contributed by atoms with van der Waals surface area (Å²) in [5.41, 5.74) is 1.13. The molecule has 2 rings (SSSR count). The fourth-order valence-corrected chi connectivity index (χ4v) is 2.86. The Morgan fingerprint density at radius 3 is 3.17 bits per heavy atom. The summed E-state index contributed by atoms with van der Waals surface area (Å²) < 4.78 is 5.82. The molecular formula is C13H23N3OS. The van der Waals surface area contributed by atoms with Gasteiger partial charge in [0, 0.05) is 31.1 Å². The van der Waals surface area contributed by atoms with Crippen LogP contribution in [0.3, 0.4) is 0 Å². The quantitative estimate of drug-likeness (QED) is 0.887. The Morgan fingerprint density at radius 1 is 1.61 bits per heavy atom. The second kappa shape index (κ2) is 6.61. The van der Waals surface area contributed by atoms with Crippen molar-refractivity contribution in [2.45, 2.75) is 39.5 Å². The van der Waals surface area contributed by atoms with Crippen LogP contribution in [0, 0.1) is 0 Å². The monoisotopic (exact) mass is 269 g/mol. The fourth-order valence-electron chi connectivity index (χ4n) is 2.00. The third-order valence-corrected chi connectivity index (χ3v) is 4.12. The summed E-state index contributed by atoms with van der Waals surface area (Å²) >= 11 is 1.72. The summed E-state index contributed by atoms with van der Waals surface area (Å²) in [5.74, 6) is 0. The van der Waals surface area contributed by atoms with E-state index in [2.05, 4.69) is 41.4 Å². The SMILES string of the molecule is CCN1CCOC(c2nc(CNC(C)C)cs2)C1. The van der Waals surface area contributed by atoms with Crippen molar-refractivity contribution in [2.24, 2.45) is 0 Å². The number of morpholine rings is 1. The van der Waals surface area contributed by atoms with Crippen LogP contribution >= 0.6 is 11.3 Å². The first-order chi connectivity index (χ1) is 8.69. The van der Waals surface area contributed by atoms with Crippen LogP contribution in [0.2, 0.25) is 0 Å². The third kappa shape index (κ3) is 3.75. The Kier molecular flexibility index (Phi) is 5.12. The van der Waals surface area contributed by atoms with E-state index in [1.165, 1.54) is 0 Å². The van der Waals surface area contributed by atoms with Crippen LogP contribution in [0.5, 0.6) is 0 Å². The average molecular weight is 269 g/mol. The summed E-state index contributed by atoms with van der Waals surface area (Å²) in [6.07, 6.45) is 0.163. The molecule has 1 N–H and O–H groups in total. The van der Waals surface area contributed by atoms with Gasteiger partial charge >= 0.3 is 0 Å². The van der Waals surface area contributed by atoms with Crippen LogP contribution in [0.1, 0.15) is 37.6 Å². The number of hydrogen-bond donors (Lipinski definition) is 1. The van der Waals surface area contributed by atoms with Gasteiger partial charge in [-0.2, -0.15) is 0 Å². The molecule has 1 unspecified atom stereocenters. The van der Waals surface area contributed by atoms with Gasteiger partial charge in [0.15, 0.2) is 0 Å². The Morgan fingerprint density at radius 2 is 2.44 bits per heavy atom. The second-order valence-corrected chi connectivity index (χ2v) is 5.86. The summed E-state index contributed by atoms with van der Waals surface area (Å²) in [4.78, 5) is 7.10. The highest BCUT2D eigenvalue weighted by Gasteiger charge is 2.23. The van der Waals surface area contributed by atoms with Gasteiger partial charge in [0.05, 0.1) is 12.3 Å². The summed E-state index contributed by atoms with van der Waals surface area (Å²) in [7, 11) is 0. The Balaban J connectivity index is 1.92. The van der Waals surface area contributed by atoms with Gasteiger partial charge in [-0.05, 0) is 6.54 Å². The van der Waals surface area contributed by atoms with Gasteiger partial charge in [-0.15, -0.1) is 11.3 Å². The highest BCUT2D eigenvalue weighted by molar-refractivity contribution is 7.09. The summed E-state index contributed by atoms with van der Waals surface area (Å²) in [6, 6.07) is 0.497. The van der Waals surface area contributed by atoms with E-state index in [0.29, 0.717) is 6.04 Å². The molecule has 0 saturated carbocycles. The van der Waals surface area contributed by atoms with Crippen molar-refractivity contribution in [1.82, 2.24) is 15.2 Å². The molecule has 1 aliphatic heterocycles. The van der Waals surface area contributed by atoms with Gasteiger partial charge in [0.1, 0.15) is 11.1 Å². The molecule has 4 nitrogen and oxygen atoms in total. The van der Waals surface area contributed by atoms with Crippen molar-refractivity contribution in [3.05, 3.63) is 16.1 Å². The minimum Gasteiger partial charge on any atom is -0.368 e. The van der Waals surface area contributed by atoms with E-state index in [9.17, 15) is 0 Å². The van der Waals surface area contributed by atoms with E-state index in [1.54, 1.807) is 11.3 Å². The third-order valence-electron chi connectivity index (χ3n) is 3.13. The van der Waals surface area contributed by atoms with Crippen molar-refractivity contribution in [1.29, 1.82) is 0 Å². The molecule has 1 aromatic rings. The van der Waals surface area contributed by atoms with Gasteiger partial charge in [0.2, 0.25) is 0 Å². The lowest BCUT2D eigenvalue weighted by molar-refractivity contribution is -0.0283. The van der Waals surface area contributed by atoms with Gasteiger partial charge in [-0.1, -0.05) is 20.8 Å². The number of ether oxygens (including phenoxy) is 1. The molecule has 0 aromatic carbocycles. The van der Waals surface area contributed by atoms with Crippen molar-refractivity contribution in [2.75, 3.05) is 26.2 Å². The lowest BCUT2D eigenvalue weighted by Gasteiger charge is -2.30. The lowest BCUT2D eigenvalue weighted by atomic mass is 10.3. The molecule has 0 amide bonds. The van der Waals surface area contributed by atoms with Crippen molar-refractivity contribution >= 4 is 11.3 Å². The first kappa shape index (κ1) is 13.9. The number of nitrogens with one attached hydrogen (secondary N) is 1. The lowest BCUT2D eigenvalue weighted by Crippen LogP contribution is -2.38. The zero-order valence-corrected chi connectivity index (χ0v) is 12.3. The van der Waals surface area contributed by atoms with Crippen LogP contribution < -0.4 is 5.32 Å². The number of hydrogen-bond acceptors (Lipinski definition) is 5. The zero-order chi connectivity index (χ0) is 13.0. The van der Waals surface area contributed by atoms with E-state index in [0.717, 1.165) is 43.5 Å². The van der Waals surface area contributed by atoms with Crippen molar-refractivity contribution < 1.29 is 4.74 Å². The minimum absolute atomic E-state index is 0.163. The second-order valence-electron chi connectivity index (χ2n) is 4.97. The van der Waals surface area contributed by atoms with Crippen LogP contribution in [-0.4, -0.2) is 42.2 Å². The molecule has 0 bridgehead atoms. The molecule has 1 saturated heterocycles. The molecule has 1 aliphatic rings. The Labute approximate surface area is 113 Å². The topological polar surface area (TPSA) is 37.4 Å². The fraction of sp³-hybridized carbons (Fsp3) is 0.769. The molecule has 5 heteroatoms. The number of thiazole rings is 1. The van der Waals surface area contributed by atoms with Crippen molar-refractivity contribution in [3.63, 3.8) is 0 Å². The zero-order valence-electron chi connectivity index (χ0n) is 11.5. The molecule has 1 aromatic heterocycles. The predicted octanol–water partition coefficient (Wildman–Crippen LogP) is 2.03. The van der Waals surface area contributed by atoms with Crippen molar-refractivity contribution in [3.8, 4) is 0 Å². The molecule has 0 aliphatic carbocycles. The first-order valence-corrected chi connectivity index (χ1v) is 7.58. The minimum atomic E-state index is 0.163. The molecule has 0 spiro atoms. The van der Waals surface area contributed by atoms with Crippen LogP contribution in [0.25, 0.3) is 0 Å². The molecule has 18 heavy (non-hydrogen) atoms. The maximum absolute atomic E-state index is 5.82. The van der Waals surface area contributed by atoms with Crippen LogP contribution in [0.4, 0.5) is 0 Å². The van der Waals surface area contributed by atoms with Crippen LogP contribution in [-0.2, 0) is 11.3 Å². The normalized spacial score (nSPS) is 21.7. The molecular weight excluding hydrogens is 246 g/mol. The van der Waals surface area contributed by atoms with Gasteiger partial charge in [-0.3, -0.25) is 4.90 Å². The van der Waals surface area contributed by atoms with Gasteiger partial charge in [0.25, 0.3) is 0 Å². The van der Waals surface area contributed by atoms with E-state index < -0.39 is 0 Å². The van der Waals surface area contributed by atoms with Gasteiger partial charge < -0.3 is 10.1 Å². The molecule has 1 fully saturated rings. The van der Waals surface area contributed by atoms with E-state index in [4.69, 9.17) is 4.74 Å². The summed E-state index contributed by atoms with van der Waals surface area (Å²) in [6.45, 7) is 11.3. The number of aromatic nitrogens is 1. The van der Waals surface area contributed by atoms with Crippen LogP contribution in [0.15, 0.2) is 5.38 Å². The first-order valence-electron chi connectivity index (χ1n) is 6.70. The van der Waals surface area contributed by atoms with E-state index >= 15 is 0 Å². The number of rotatable bonds is 5. The number of nitrogens with zero attached hydrogens (tertiary/aromatic N) is 2.